The van der Waals surface area contributed by atoms with Crippen LogP contribution in [0.15, 0.2) is 103 Å². The Morgan fingerprint density at radius 3 is 1.46 bits per heavy atom. The van der Waals surface area contributed by atoms with E-state index in [9.17, 15) is 5.11 Å². The summed E-state index contributed by atoms with van der Waals surface area (Å²) in [6.45, 7) is 0. The van der Waals surface area contributed by atoms with E-state index in [0.29, 0.717) is 6.16 Å². The zero-order valence-electron chi connectivity index (χ0n) is 14.2. The van der Waals surface area contributed by atoms with E-state index in [-0.39, 0.29) is 5.95 Å². The maximum absolute atomic E-state index is 9.73. The molecule has 3 heteroatoms. The van der Waals surface area contributed by atoms with Crippen LogP contribution in [0, 0.1) is 0 Å². The summed E-state index contributed by atoms with van der Waals surface area (Å²) in [5.41, 5.74) is 0. The summed E-state index contributed by atoms with van der Waals surface area (Å²) in [5.74, 6) is -0.368. The minimum Gasteiger partial charge on any atom is -0.481 e. The first-order valence-electron chi connectivity index (χ1n) is 8.25. The van der Waals surface area contributed by atoms with Gasteiger partial charge in [0.25, 0.3) is 7.38 Å². The predicted octanol–water partition coefficient (Wildman–Crippen LogP) is 3.94. The van der Waals surface area contributed by atoms with E-state index < -0.39 is 7.26 Å². The van der Waals surface area contributed by atoms with Crippen LogP contribution in [0.4, 0.5) is 0 Å². The van der Waals surface area contributed by atoms with Gasteiger partial charge in [-0.05, 0) is 36.4 Å². The molecule has 2 nitrogen and oxygen atoms in total. The van der Waals surface area contributed by atoms with Gasteiger partial charge in [-0.25, -0.2) is 0 Å². The highest BCUT2D eigenvalue weighted by Crippen LogP contribution is 2.55. The van der Waals surface area contributed by atoms with Gasteiger partial charge in [0, 0.05) is 6.08 Å². The molecule has 2 N–H and O–H groups in total. The number of benzene rings is 3. The highest BCUT2D eigenvalue weighted by atomic mass is 31.2. The molecule has 0 amide bonds. The van der Waals surface area contributed by atoms with Crippen molar-refractivity contribution in [1.29, 1.82) is 1.43 Å². The second kappa shape index (κ2) is 7.33. The van der Waals surface area contributed by atoms with Crippen LogP contribution in [0.5, 0.6) is 0 Å². The molecule has 120 valence electrons. The average Bonchev–Trinajstić information content (AvgIpc) is 2.71. The lowest BCUT2D eigenvalue weighted by atomic mass is 10.4. The molecule has 0 bridgehead atoms. The van der Waals surface area contributed by atoms with E-state index in [1.165, 1.54) is 15.9 Å². The third-order valence-electron chi connectivity index (χ3n) is 4.13. The maximum atomic E-state index is 9.73. The van der Waals surface area contributed by atoms with E-state index in [4.69, 9.17) is 1.43 Å². The van der Waals surface area contributed by atoms with Gasteiger partial charge in [0.2, 0.25) is 0 Å². The fourth-order valence-corrected chi connectivity index (χ4v) is 7.03. The molecule has 0 atom stereocenters. The van der Waals surface area contributed by atoms with Crippen molar-refractivity contribution in [3.63, 3.8) is 0 Å². The van der Waals surface area contributed by atoms with Crippen molar-refractivity contribution >= 4 is 23.2 Å². The van der Waals surface area contributed by atoms with E-state index in [0.717, 1.165) is 0 Å². The number of allylic oxidation sites excluding steroid dienone is 1. The molecule has 0 spiro atoms. The lowest BCUT2D eigenvalue weighted by Gasteiger charge is -2.26. The first-order valence-corrected chi connectivity index (χ1v) is 9.82. The van der Waals surface area contributed by atoms with Crippen LogP contribution in [0.25, 0.3) is 1.43 Å². The Balaban J connectivity index is 2.27. The fraction of sp³-hybridized carbons (Fsp3) is 0.0476. The maximum Gasteiger partial charge on any atom is 0.296 e. The van der Waals surface area contributed by atoms with Gasteiger partial charge in [0.1, 0.15) is 23.2 Å². The molecule has 0 unspecified atom stereocenters. The lowest BCUT2D eigenvalue weighted by Crippen LogP contribution is -2.33. The molecule has 3 rings (SSSR count). The molecule has 0 saturated heterocycles. The van der Waals surface area contributed by atoms with Crippen molar-refractivity contribution in [3.05, 3.63) is 103 Å². The Bertz CT molecular complexity index is 724. The van der Waals surface area contributed by atoms with Gasteiger partial charge < -0.3 is 10.2 Å². The predicted molar refractivity (Wildman–Crippen MR) is 103 cm³/mol. The van der Waals surface area contributed by atoms with Gasteiger partial charge in [0.15, 0.2) is 0 Å². The van der Waals surface area contributed by atoms with Crippen LogP contribution in [0.2, 0.25) is 0 Å². The summed E-state index contributed by atoms with van der Waals surface area (Å²) >= 11 is 0. The number of aliphatic hydroxyl groups is 2. The molecule has 0 aliphatic carbocycles. The van der Waals surface area contributed by atoms with E-state index in [1.54, 1.807) is 6.08 Å². The van der Waals surface area contributed by atoms with Gasteiger partial charge in [-0.15, -0.1) is 0 Å². The Morgan fingerprint density at radius 1 is 0.750 bits per heavy atom. The normalized spacial score (nSPS) is 12.5. The number of aliphatic hydroxyl groups excluding tert-OH is 1. The van der Waals surface area contributed by atoms with Crippen LogP contribution >= 0.6 is 7.26 Å². The number of rotatable bonds is 6. The molecule has 0 saturated carbocycles. The van der Waals surface area contributed by atoms with E-state index >= 15 is 0 Å². The Kier molecular flexibility index (Phi) is 4.58. The van der Waals surface area contributed by atoms with Crippen LogP contribution in [-0.4, -0.2) is 16.4 Å². The third kappa shape index (κ3) is 3.20. The zero-order valence-corrected chi connectivity index (χ0v) is 14.1. The number of hydrogen-bond donors (Lipinski definition) is 2. The smallest absolute Gasteiger partial charge is 0.296 e. The lowest BCUT2D eigenvalue weighted by molar-refractivity contribution is 0.190. The summed E-state index contributed by atoms with van der Waals surface area (Å²) < 4.78 is 6.92. The van der Waals surface area contributed by atoms with Gasteiger partial charge in [0.05, 0.1) is 6.16 Å². The van der Waals surface area contributed by atoms with Crippen LogP contribution in [-0.2, 0) is 0 Å². The molecular weight excluding hydrogens is 315 g/mol. The molecule has 0 heterocycles. The third-order valence-corrected chi connectivity index (χ3v) is 8.40. The molecule has 0 fully saturated rings. The topological polar surface area (TPSA) is 40.5 Å². The first-order chi connectivity index (χ1) is 12.3. The summed E-state index contributed by atoms with van der Waals surface area (Å²) in [6, 6.07) is 31.1. The molecule has 0 radical (unpaired) electrons. The molecule has 0 aliphatic heterocycles. The minimum atomic E-state index is -2.02. The Labute approximate surface area is 144 Å². The summed E-state index contributed by atoms with van der Waals surface area (Å²) in [5, 5.41) is 17.6. The SMILES string of the molecule is [2H]O/C(O)=C/C[P+](c1ccccc1)(c1ccccc1)c1ccccc1. The minimum absolute atomic E-state index is 0.368. The molecular formula is C21H20O2P+. The summed E-state index contributed by atoms with van der Waals surface area (Å²) in [4.78, 5) is 0. The van der Waals surface area contributed by atoms with Gasteiger partial charge in [-0.2, -0.15) is 0 Å². The monoisotopic (exact) mass is 336 g/mol. The number of hydrogen-bond acceptors (Lipinski definition) is 2. The molecule has 3 aromatic rings. The van der Waals surface area contributed by atoms with E-state index in [2.05, 4.69) is 41.5 Å². The second-order valence-electron chi connectivity index (χ2n) is 5.54. The largest absolute Gasteiger partial charge is 0.481 e. The average molecular weight is 336 g/mol. The van der Waals surface area contributed by atoms with Gasteiger partial charge >= 0.3 is 0 Å². The zero-order chi connectivity index (χ0) is 17.5. The second-order valence-corrected chi connectivity index (χ2v) is 9.08. The highest BCUT2D eigenvalue weighted by molar-refractivity contribution is 7.95. The molecule has 0 aliphatic rings. The van der Waals surface area contributed by atoms with Crippen LogP contribution in [0.1, 0.15) is 0 Å². The molecule has 24 heavy (non-hydrogen) atoms. The van der Waals surface area contributed by atoms with Crippen molar-refractivity contribution in [2.45, 2.75) is 0 Å². The quantitative estimate of drug-likeness (QED) is 0.529. The van der Waals surface area contributed by atoms with Crippen molar-refractivity contribution in [2.75, 3.05) is 6.16 Å². The van der Waals surface area contributed by atoms with Crippen molar-refractivity contribution in [2.24, 2.45) is 0 Å². The Hall–Kier alpha value is -2.57. The van der Waals surface area contributed by atoms with Crippen LogP contribution < -0.4 is 15.9 Å². The van der Waals surface area contributed by atoms with Gasteiger partial charge in [-0.1, -0.05) is 54.6 Å². The van der Waals surface area contributed by atoms with Gasteiger partial charge in [-0.3, -0.25) is 0 Å². The summed E-state index contributed by atoms with van der Waals surface area (Å²) in [6.07, 6.45) is 2.18. The molecule has 3 aromatic carbocycles. The molecule has 0 aromatic heterocycles. The van der Waals surface area contributed by atoms with Crippen molar-refractivity contribution in [1.82, 2.24) is 0 Å². The Morgan fingerprint density at radius 2 is 1.12 bits per heavy atom. The fourth-order valence-electron chi connectivity index (χ4n) is 3.03. The highest BCUT2D eigenvalue weighted by Gasteiger charge is 2.44. The standard InChI is InChI=1S/C21H19O2P/c22-21(23)16-17-24(18-10-4-1-5-11-18,19-12-6-2-7-13-19)20-14-8-3-9-15-20/h1-16H,17H2,(H-,22,23)/p+1/i/hD. The van der Waals surface area contributed by atoms with Crippen molar-refractivity contribution in [3.8, 4) is 0 Å². The first kappa shape index (κ1) is 15.0. The van der Waals surface area contributed by atoms with Crippen LogP contribution in [0.3, 0.4) is 0 Å². The van der Waals surface area contributed by atoms with E-state index in [1.807, 2.05) is 54.6 Å². The summed E-state index contributed by atoms with van der Waals surface area (Å²) in [7, 11) is -2.02. The van der Waals surface area contributed by atoms with Crippen molar-refractivity contribution < 1.29 is 10.2 Å².